The number of nitrogens with one attached hydrogen (secondary N) is 2. The first kappa shape index (κ1) is 23.4. The molecule has 0 atom stereocenters. The Bertz CT molecular complexity index is 966. The van der Waals surface area contributed by atoms with Crippen LogP contribution in [0.2, 0.25) is 0 Å². The van der Waals surface area contributed by atoms with E-state index >= 15 is 0 Å². The third-order valence-electron chi connectivity index (χ3n) is 4.86. The lowest BCUT2D eigenvalue weighted by molar-refractivity contribution is 0.0596. The van der Waals surface area contributed by atoms with Crippen LogP contribution in [0.4, 0.5) is 0 Å². The standard InChI is InChI=1S/C12H17NO3.C10H15NO/c1-6(2)10-9(12(15)16-5)11(14)7(3)8(4)13-10;1-6(2)9-5-10(12)7(3)8(4)11-9/h6H,1-5H3,(H,13,14);5-6H,1-4H3,(H,11,12). The topological polar surface area (TPSA) is 92.0 Å². The van der Waals surface area contributed by atoms with Crippen molar-refractivity contribution in [1.29, 1.82) is 0 Å². The Hall–Kier alpha value is -2.63. The van der Waals surface area contributed by atoms with Gasteiger partial charge in [0.2, 0.25) is 0 Å². The van der Waals surface area contributed by atoms with Crippen molar-refractivity contribution in [1.82, 2.24) is 9.97 Å². The molecule has 0 amide bonds. The van der Waals surface area contributed by atoms with E-state index < -0.39 is 5.97 Å². The van der Waals surface area contributed by atoms with E-state index in [1.807, 2.05) is 34.6 Å². The van der Waals surface area contributed by atoms with Crippen LogP contribution in [0.3, 0.4) is 0 Å². The fourth-order valence-corrected chi connectivity index (χ4v) is 2.67. The molecule has 0 aliphatic heterocycles. The number of aromatic amines is 2. The molecule has 0 saturated carbocycles. The van der Waals surface area contributed by atoms with Gasteiger partial charge in [-0.05, 0) is 39.5 Å². The number of methoxy groups -OCH3 is 1. The summed E-state index contributed by atoms with van der Waals surface area (Å²) in [6.07, 6.45) is 0. The minimum Gasteiger partial charge on any atom is -0.465 e. The second-order valence-corrected chi connectivity index (χ2v) is 7.63. The molecule has 2 aromatic heterocycles. The first-order chi connectivity index (χ1) is 12.9. The van der Waals surface area contributed by atoms with Crippen molar-refractivity contribution in [2.24, 2.45) is 0 Å². The van der Waals surface area contributed by atoms with Gasteiger partial charge in [0.1, 0.15) is 5.56 Å². The van der Waals surface area contributed by atoms with Crippen LogP contribution in [0.25, 0.3) is 0 Å². The maximum atomic E-state index is 12.0. The molecule has 0 aliphatic rings. The van der Waals surface area contributed by atoms with Crippen molar-refractivity contribution in [3.63, 3.8) is 0 Å². The first-order valence-electron chi connectivity index (χ1n) is 9.44. The first-order valence-corrected chi connectivity index (χ1v) is 9.44. The van der Waals surface area contributed by atoms with E-state index in [0.717, 1.165) is 22.6 Å². The number of pyridine rings is 2. The summed E-state index contributed by atoms with van der Waals surface area (Å²) in [5, 5.41) is 0. The van der Waals surface area contributed by atoms with Gasteiger partial charge in [0.15, 0.2) is 10.9 Å². The predicted octanol–water partition coefficient (Wildman–Crippen LogP) is 4.02. The monoisotopic (exact) mass is 388 g/mol. The Balaban J connectivity index is 0.000000292. The summed E-state index contributed by atoms with van der Waals surface area (Å²) in [7, 11) is 1.28. The van der Waals surface area contributed by atoms with E-state index in [4.69, 9.17) is 0 Å². The van der Waals surface area contributed by atoms with Gasteiger partial charge in [-0.1, -0.05) is 27.7 Å². The number of carbonyl (C=O) groups is 1. The smallest absolute Gasteiger partial charge is 0.343 e. The normalized spacial score (nSPS) is 10.7. The van der Waals surface area contributed by atoms with E-state index in [9.17, 15) is 14.4 Å². The molecule has 0 spiro atoms. The Labute approximate surface area is 166 Å². The summed E-state index contributed by atoms with van der Waals surface area (Å²) < 4.78 is 4.64. The molecule has 0 bridgehead atoms. The fraction of sp³-hybridized carbons (Fsp3) is 0.500. The van der Waals surface area contributed by atoms with Crippen LogP contribution in [-0.4, -0.2) is 23.0 Å². The number of esters is 1. The lowest BCUT2D eigenvalue weighted by Crippen LogP contribution is -2.24. The summed E-state index contributed by atoms with van der Waals surface area (Å²) in [6.45, 7) is 15.3. The third kappa shape index (κ3) is 5.21. The van der Waals surface area contributed by atoms with Crippen molar-refractivity contribution >= 4 is 5.97 Å². The number of hydrogen-bond donors (Lipinski definition) is 2. The third-order valence-corrected chi connectivity index (χ3v) is 4.86. The molecule has 2 heterocycles. The minimum absolute atomic E-state index is 0.0705. The number of aryl methyl sites for hydroxylation is 2. The van der Waals surface area contributed by atoms with Gasteiger partial charge in [-0.15, -0.1) is 0 Å². The molecule has 6 heteroatoms. The number of aromatic nitrogens is 2. The molecule has 2 aromatic rings. The number of H-pyrrole nitrogens is 2. The average molecular weight is 389 g/mol. The molecule has 154 valence electrons. The van der Waals surface area contributed by atoms with Crippen LogP contribution < -0.4 is 10.9 Å². The highest BCUT2D eigenvalue weighted by molar-refractivity contribution is 5.90. The van der Waals surface area contributed by atoms with E-state index in [0.29, 0.717) is 17.2 Å². The molecule has 28 heavy (non-hydrogen) atoms. The summed E-state index contributed by atoms with van der Waals surface area (Å²) in [5.41, 5.74) is 4.82. The molecule has 0 aromatic carbocycles. The van der Waals surface area contributed by atoms with Crippen molar-refractivity contribution in [3.8, 4) is 0 Å². The summed E-state index contributed by atoms with van der Waals surface area (Å²) in [6, 6.07) is 1.69. The lowest BCUT2D eigenvalue weighted by Gasteiger charge is -2.13. The van der Waals surface area contributed by atoms with Crippen molar-refractivity contribution in [2.45, 2.75) is 67.2 Å². The van der Waals surface area contributed by atoms with Crippen LogP contribution in [-0.2, 0) is 4.74 Å². The van der Waals surface area contributed by atoms with Crippen molar-refractivity contribution in [3.05, 3.63) is 66.0 Å². The molecule has 0 saturated heterocycles. The van der Waals surface area contributed by atoms with Gasteiger partial charge >= 0.3 is 5.97 Å². The Morgan fingerprint density at radius 3 is 1.86 bits per heavy atom. The van der Waals surface area contributed by atoms with Gasteiger partial charge in [0.25, 0.3) is 0 Å². The Morgan fingerprint density at radius 2 is 1.43 bits per heavy atom. The van der Waals surface area contributed by atoms with Crippen LogP contribution >= 0.6 is 0 Å². The maximum absolute atomic E-state index is 12.0. The van der Waals surface area contributed by atoms with Gasteiger partial charge < -0.3 is 14.7 Å². The van der Waals surface area contributed by atoms with E-state index in [-0.39, 0.29) is 22.3 Å². The molecule has 6 nitrogen and oxygen atoms in total. The molecule has 0 unspecified atom stereocenters. The van der Waals surface area contributed by atoms with E-state index in [2.05, 4.69) is 28.6 Å². The molecule has 0 radical (unpaired) electrons. The predicted molar refractivity (Wildman–Crippen MR) is 113 cm³/mol. The minimum atomic E-state index is -0.576. The largest absolute Gasteiger partial charge is 0.465 e. The Morgan fingerprint density at radius 1 is 0.893 bits per heavy atom. The summed E-state index contributed by atoms with van der Waals surface area (Å²) in [4.78, 5) is 41.2. The zero-order valence-corrected chi connectivity index (χ0v) is 18.4. The number of carbonyl (C=O) groups excluding carboxylic acids is 1. The van der Waals surface area contributed by atoms with E-state index in [1.54, 1.807) is 13.0 Å². The average Bonchev–Trinajstić information content (AvgIpc) is 2.63. The van der Waals surface area contributed by atoms with Crippen molar-refractivity contribution < 1.29 is 9.53 Å². The fourth-order valence-electron chi connectivity index (χ4n) is 2.67. The number of hydrogen-bond acceptors (Lipinski definition) is 4. The van der Waals surface area contributed by atoms with Gasteiger partial charge in [-0.3, -0.25) is 9.59 Å². The second kappa shape index (κ2) is 9.53. The van der Waals surface area contributed by atoms with Crippen LogP contribution in [0.1, 0.15) is 83.8 Å². The molecular weight excluding hydrogens is 356 g/mol. The maximum Gasteiger partial charge on any atom is 0.343 e. The van der Waals surface area contributed by atoms with Gasteiger partial charge in [0, 0.05) is 40.0 Å². The highest BCUT2D eigenvalue weighted by Crippen LogP contribution is 2.17. The van der Waals surface area contributed by atoms with Crippen LogP contribution in [0, 0.1) is 27.7 Å². The second-order valence-electron chi connectivity index (χ2n) is 7.63. The molecule has 0 aliphatic carbocycles. The molecular formula is C22H32N2O4. The van der Waals surface area contributed by atoms with Gasteiger partial charge in [-0.25, -0.2) is 4.79 Å². The van der Waals surface area contributed by atoms with E-state index in [1.165, 1.54) is 7.11 Å². The van der Waals surface area contributed by atoms with Crippen molar-refractivity contribution in [2.75, 3.05) is 7.11 Å². The zero-order chi connectivity index (χ0) is 21.8. The highest BCUT2D eigenvalue weighted by Gasteiger charge is 2.21. The number of ether oxygens (including phenoxy) is 1. The summed E-state index contributed by atoms with van der Waals surface area (Å²) >= 11 is 0. The van der Waals surface area contributed by atoms with Gasteiger partial charge in [0.05, 0.1) is 7.11 Å². The quantitative estimate of drug-likeness (QED) is 0.777. The van der Waals surface area contributed by atoms with Crippen LogP contribution in [0.15, 0.2) is 15.7 Å². The molecule has 2 N–H and O–H groups in total. The van der Waals surface area contributed by atoms with Crippen LogP contribution in [0.5, 0.6) is 0 Å². The van der Waals surface area contributed by atoms with Gasteiger partial charge in [-0.2, -0.15) is 0 Å². The molecule has 2 rings (SSSR count). The number of rotatable bonds is 3. The SMILES string of the molecule is COC(=O)c1c(C(C)C)[nH]c(C)c(C)c1=O.Cc1[nH]c(C(C)C)cc(=O)c1C. The lowest BCUT2D eigenvalue weighted by atomic mass is 10.0. The highest BCUT2D eigenvalue weighted by atomic mass is 16.5. The molecule has 0 fully saturated rings. The zero-order valence-electron chi connectivity index (χ0n) is 18.4. The Kier molecular flexibility index (Phi) is 7.97. The summed E-state index contributed by atoms with van der Waals surface area (Å²) in [5.74, 6) is -0.119.